The van der Waals surface area contributed by atoms with E-state index in [9.17, 15) is 14.7 Å². The van der Waals surface area contributed by atoms with Crippen molar-refractivity contribution < 1.29 is 19.4 Å². The second-order valence-corrected chi connectivity index (χ2v) is 12.2. The molecule has 0 atom stereocenters. The number of carbonyl (C=O) groups is 2. The van der Waals surface area contributed by atoms with E-state index in [1.54, 1.807) is 6.07 Å². The monoisotopic (exact) mass is 580 g/mol. The van der Waals surface area contributed by atoms with E-state index < -0.39 is 11.7 Å². The molecule has 4 aromatic rings. The van der Waals surface area contributed by atoms with Crippen molar-refractivity contribution in [2.75, 3.05) is 6.54 Å². The predicted molar refractivity (Wildman–Crippen MR) is 170 cm³/mol. The van der Waals surface area contributed by atoms with Gasteiger partial charge in [0.25, 0.3) is 5.91 Å². The molecule has 1 aromatic heterocycles. The van der Waals surface area contributed by atoms with Crippen molar-refractivity contribution in [3.63, 3.8) is 0 Å². The fourth-order valence-corrected chi connectivity index (χ4v) is 5.46. The van der Waals surface area contributed by atoms with Crippen LogP contribution in [0.3, 0.4) is 0 Å². The van der Waals surface area contributed by atoms with Crippen molar-refractivity contribution in [3.05, 3.63) is 95.1 Å². The summed E-state index contributed by atoms with van der Waals surface area (Å²) in [5, 5.41) is 17.7. The van der Waals surface area contributed by atoms with Crippen LogP contribution >= 0.6 is 0 Å². The molecule has 5 rings (SSSR count). The summed E-state index contributed by atoms with van der Waals surface area (Å²) < 4.78 is 5.31. The van der Waals surface area contributed by atoms with Gasteiger partial charge in [-0.1, -0.05) is 61.7 Å². The van der Waals surface area contributed by atoms with Crippen LogP contribution in [0.25, 0.3) is 10.9 Å². The van der Waals surface area contributed by atoms with Crippen molar-refractivity contribution in [2.45, 2.75) is 65.0 Å². The van der Waals surface area contributed by atoms with Crippen molar-refractivity contribution in [1.82, 2.24) is 15.6 Å². The van der Waals surface area contributed by atoms with E-state index in [-0.39, 0.29) is 11.8 Å². The number of aromatic hydroxyl groups is 1. The summed E-state index contributed by atoms with van der Waals surface area (Å²) in [5.41, 5.74) is 4.18. The maximum Gasteiger partial charge on any atom is 0.407 e. The van der Waals surface area contributed by atoms with E-state index in [0.717, 1.165) is 24.0 Å². The summed E-state index contributed by atoms with van der Waals surface area (Å²) in [6.07, 6.45) is 5.58. The minimum atomic E-state index is -0.566. The molecule has 0 saturated heterocycles. The zero-order valence-corrected chi connectivity index (χ0v) is 25.1. The highest BCUT2D eigenvalue weighted by Crippen LogP contribution is 2.32. The van der Waals surface area contributed by atoms with Crippen LogP contribution in [0.2, 0.25) is 0 Å². The number of rotatable bonds is 8. The summed E-state index contributed by atoms with van der Waals surface area (Å²) in [6, 6.07) is 22.6. The number of hydrogen-bond acceptors (Lipinski definition) is 5. The molecule has 0 radical (unpaired) electrons. The number of nitrogens with zero attached hydrogens (tertiary/aromatic N) is 1. The Kier molecular flexibility index (Phi) is 9.14. The number of ether oxygens (including phenoxy) is 1. The van der Waals surface area contributed by atoms with Crippen molar-refractivity contribution in [3.8, 4) is 5.88 Å². The van der Waals surface area contributed by atoms with Gasteiger partial charge in [0.05, 0.1) is 17.0 Å². The summed E-state index contributed by atoms with van der Waals surface area (Å²) in [5.74, 6) is 0.396. The van der Waals surface area contributed by atoms with Crippen LogP contribution in [0.1, 0.15) is 79.9 Å². The third kappa shape index (κ3) is 7.83. The summed E-state index contributed by atoms with van der Waals surface area (Å²) in [7, 11) is 0. The number of alkyl carbamates (subject to hydrolysis) is 1. The zero-order valence-electron chi connectivity index (χ0n) is 25.1. The third-order valence-electron chi connectivity index (χ3n) is 7.61. The first-order valence-electron chi connectivity index (χ1n) is 15.0. The largest absolute Gasteiger partial charge is 0.494 e. The Hall–Kier alpha value is -4.59. The summed E-state index contributed by atoms with van der Waals surface area (Å²) in [4.78, 5) is 33.2. The molecule has 1 heterocycles. The highest BCUT2D eigenvalue weighted by atomic mass is 16.6. The van der Waals surface area contributed by atoms with Crippen molar-refractivity contribution in [1.29, 1.82) is 0 Å². The molecule has 0 unspecified atom stereocenters. The van der Waals surface area contributed by atoms with Crippen LogP contribution in [-0.4, -0.2) is 39.9 Å². The van der Waals surface area contributed by atoms with Crippen LogP contribution < -0.4 is 10.6 Å². The van der Waals surface area contributed by atoms with Gasteiger partial charge >= 0.3 is 6.09 Å². The molecular formula is C35H40N4O4. The minimum Gasteiger partial charge on any atom is -0.494 e. The Balaban J connectivity index is 1.42. The maximum atomic E-state index is 13.1. The Morgan fingerprint density at radius 2 is 1.65 bits per heavy atom. The van der Waals surface area contributed by atoms with Crippen LogP contribution in [0.5, 0.6) is 5.88 Å². The molecule has 1 fully saturated rings. The topological polar surface area (TPSA) is 116 Å². The van der Waals surface area contributed by atoms with Gasteiger partial charge in [-0.25, -0.2) is 9.79 Å². The second-order valence-electron chi connectivity index (χ2n) is 12.2. The predicted octanol–water partition coefficient (Wildman–Crippen LogP) is 7.38. The number of carbonyl (C=O) groups excluding carboxylic acids is 2. The SMILES string of the molecule is CC(C)(C)OC(=O)NCc1ccc(N=C(c2ccccc2)c2c(O)[nH]c3ccc(C(=O)NCC4CCCCC4)cc23)cc1. The van der Waals surface area contributed by atoms with Gasteiger partial charge in [0, 0.05) is 35.1 Å². The standard InChI is InChI=1S/C35H40N4O4/c1-35(2,3)43-34(42)37-22-24-14-17-27(18-15-24)38-31(25-12-8-5-9-13-25)30-28-20-26(16-19-29(28)39-33(30)41)32(40)36-21-23-10-6-4-7-11-23/h5,8-9,12-20,23,39,41H,4,6-7,10-11,21-22H2,1-3H3,(H,36,40)(H,37,42). The summed E-state index contributed by atoms with van der Waals surface area (Å²) >= 11 is 0. The number of fused-ring (bicyclic) bond motifs is 1. The molecule has 43 heavy (non-hydrogen) atoms. The van der Waals surface area contributed by atoms with Gasteiger partial charge in [0.2, 0.25) is 0 Å². The Morgan fingerprint density at radius 1 is 0.930 bits per heavy atom. The molecule has 0 aliphatic heterocycles. The van der Waals surface area contributed by atoms with E-state index in [0.29, 0.717) is 52.4 Å². The fourth-order valence-electron chi connectivity index (χ4n) is 5.46. The fraction of sp³-hybridized carbons (Fsp3) is 0.343. The van der Waals surface area contributed by atoms with Gasteiger partial charge in [-0.2, -0.15) is 0 Å². The average Bonchev–Trinajstić information content (AvgIpc) is 3.33. The van der Waals surface area contributed by atoms with Gasteiger partial charge < -0.3 is 25.5 Å². The number of amides is 2. The average molecular weight is 581 g/mol. The molecule has 1 saturated carbocycles. The van der Waals surface area contributed by atoms with Gasteiger partial charge in [-0.3, -0.25) is 4.79 Å². The molecule has 3 aromatic carbocycles. The lowest BCUT2D eigenvalue weighted by Gasteiger charge is -2.21. The van der Waals surface area contributed by atoms with Crippen molar-refractivity contribution >= 4 is 34.3 Å². The van der Waals surface area contributed by atoms with Gasteiger partial charge in [0.15, 0.2) is 5.88 Å². The highest BCUT2D eigenvalue weighted by molar-refractivity contribution is 6.22. The minimum absolute atomic E-state index is 0.0180. The first-order chi connectivity index (χ1) is 20.7. The molecule has 1 aliphatic rings. The number of aromatic nitrogens is 1. The number of benzene rings is 3. The quantitative estimate of drug-likeness (QED) is 0.163. The van der Waals surface area contributed by atoms with E-state index >= 15 is 0 Å². The molecule has 0 spiro atoms. The number of aromatic amines is 1. The van der Waals surface area contributed by atoms with Gasteiger partial charge in [0.1, 0.15) is 5.60 Å². The first kappa shape index (κ1) is 29.9. The molecule has 1 aliphatic carbocycles. The molecular weight excluding hydrogens is 540 g/mol. The molecule has 0 bridgehead atoms. The number of aliphatic imine (C=N–C) groups is 1. The lowest BCUT2D eigenvalue weighted by atomic mass is 9.89. The molecule has 224 valence electrons. The van der Waals surface area contributed by atoms with Crippen molar-refractivity contribution in [2.24, 2.45) is 10.9 Å². The molecule has 8 nitrogen and oxygen atoms in total. The number of nitrogens with one attached hydrogen (secondary N) is 3. The Labute approximate surface area is 252 Å². The van der Waals surface area contributed by atoms with Crippen LogP contribution in [0.4, 0.5) is 10.5 Å². The molecule has 8 heteroatoms. The summed E-state index contributed by atoms with van der Waals surface area (Å²) in [6.45, 7) is 6.47. The molecule has 2 amide bonds. The first-order valence-corrected chi connectivity index (χ1v) is 15.0. The number of H-pyrrole nitrogens is 1. The van der Waals surface area contributed by atoms with E-state index in [1.807, 2.05) is 87.5 Å². The third-order valence-corrected chi connectivity index (χ3v) is 7.61. The second kappa shape index (κ2) is 13.2. The van der Waals surface area contributed by atoms with E-state index in [2.05, 4.69) is 15.6 Å². The Morgan fingerprint density at radius 3 is 2.35 bits per heavy atom. The normalized spacial score (nSPS) is 14.4. The smallest absolute Gasteiger partial charge is 0.407 e. The lowest BCUT2D eigenvalue weighted by molar-refractivity contribution is 0.0523. The van der Waals surface area contributed by atoms with Gasteiger partial charge in [-0.15, -0.1) is 0 Å². The van der Waals surface area contributed by atoms with E-state index in [1.165, 1.54) is 19.3 Å². The van der Waals surface area contributed by atoms with E-state index in [4.69, 9.17) is 9.73 Å². The van der Waals surface area contributed by atoms with Crippen LogP contribution in [-0.2, 0) is 11.3 Å². The lowest BCUT2D eigenvalue weighted by Crippen LogP contribution is -2.32. The highest BCUT2D eigenvalue weighted by Gasteiger charge is 2.21. The number of hydrogen-bond donors (Lipinski definition) is 4. The molecule has 4 N–H and O–H groups in total. The zero-order chi connectivity index (χ0) is 30.4. The Bertz CT molecular complexity index is 1590. The van der Waals surface area contributed by atoms with Crippen LogP contribution in [0, 0.1) is 5.92 Å². The van der Waals surface area contributed by atoms with Crippen LogP contribution in [0.15, 0.2) is 77.8 Å². The van der Waals surface area contributed by atoms with Gasteiger partial charge in [-0.05, 0) is 75.4 Å². The maximum absolute atomic E-state index is 13.1.